The average molecular weight is 304 g/mol. The maximum atomic E-state index is 3.11. The van der Waals surface area contributed by atoms with Crippen molar-refractivity contribution in [3.05, 3.63) is 60.2 Å². The van der Waals surface area contributed by atoms with E-state index in [9.17, 15) is 0 Å². The van der Waals surface area contributed by atoms with Crippen molar-refractivity contribution in [3.63, 3.8) is 0 Å². The molecule has 2 rings (SSSR count). The van der Waals surface area contributed by atoms with Crippen molar-refractivity contribution in [2.24, 2.45) is 0 Å². The van der Waals surface area contributed by atoms with Gasteiger partial charge < -0.3 is 0 Å². The van der Waals surface area contributed by atoms with E-state index in [1.807, 2.05) is 36.4 Å². The van der Waals surface area contributed by atoms with Gasteiger partial charge in [0.05, 0.1) is 0 Å². The summed E-state index contributed by atoms with van der Waals surface area (Å²) >= 11 is 2.07. The molecule has 0 amide bonds. The lowest BCUT2D eigenvalue weighted by Crippen LogP contribution is -1.82. The van der Waals surface area contributed by atoms with Crippen molar-refractivity contribution < 1.29 is 0 Å². The maximum absolute atomic E-state index is 3.11. The second-order valence-corrected chi connectivity index (χ2v) is 3.67. The minimum absolute atomic E-state index is 1.08. The monoisotopic (exact) mass is 304 g/mol. The van der Waals surface area contributed by atoms with E-state index >= 15 is 0 Å². The summed E-state index contributed by atoms with van der Waals surface area (Å²) in [6.07, 6.45) is 0. The molecule has 2 aromatic carbocycles. The number of halogens is 1. The third kappa shape index (κ3) is 2.40. The molecule has 0 fully saturated rings. The van der Waals surface area contributed by atoms with E-state index in [-0.39, 0.29) is 0 Å². The van der Waals surface area contributed by atoms with Crippen LogP contribution in [0.15, 0.2) is 54.6 Å². The first-order chi connectivity index (χ1) is 7.42. The zero-order valence-corrected chi connectivity index (χ0v) is 10.2. The van der Waals surface area contributed by atoms with E-state index in [2.05, 4.69) is 50.6 Å². The van der Waals surface area contributed by atoms with Crippen molar-refractivity contribution in [3.8, 4) is 21.0 Å². The molecule has 0 unspecified atom stereocenters. The Bertz CT molecular complexity index is 504. The van der Waals surface area contributed by atoms with Gasteiger partial charge in [0, 0.05) is 28.2 Å². The van der Waals surface area contributed by atoms with Crippen molar-refractivity contribution in [2.75, 3.05) is 0 Å². The van der Waals surface area contributed by atoms with Crippen LogP contribution in [0.4, 0.5) is 0 Å². The summed E-state index contributed by atoms with van der Waals surface area (Å²) < 4.78 is 2.91. The van der Waals surface area contributed by atoms with Crippen LogP contribution in [-0.4, -0.2) is 0 Å². The molecule has 0 radical (unpaired) electrons. The normalized spacial score (nSPS) is 9.13. The molecular formula is C14H9I. The van der Waals surface area contributed by atoms with Crippen molar-refractivity contribution in [1.82, 2.24) is 0 Å². The molecule has 0 aromatic heterocycles. The molecule has 72 valence electrons. The summed E-state index contributed by atoms with van der Waals surface area (Å²) in [6.45, 7) is 0. The number of hydrogen-bond donors (Lipinski definition) is 0. The third-order valence-electron chi connectivity index (χ3n) is 2.19. The summed E-state index contributed by atoms with van der Waals surface area (Å²) in [4.78, 5) is 0. The molecule has 0 saturated carbocycles. The van der Waals surface area contributed by atoms with Gasteiger partial charge in [-0.15, -0.1) is 0 Å². The Kier molecular flexibility index (Phi) is 3.41. The summed E-state index contributed by atoms with van der Waals surface area (Å²) in [5.74, 6) is 3.11. The summed E-state index contributed by atoms with van der Waals surface area (Å²) in [7, 11) is 0. The lowest BCUT2D eigenvalue weighted by Gasteiger charge is -2.03. The molecule has 1 heteroatoms. The Labute approximate surface area is 103 Å². The highest BCUT2D eigenvalue weighted by molar-refractivity contribution is 14.1. The van der Waals surface area contributed by atoms with Crippen molar-refractivity contribution in [2.45, 2.75) is 0 Å². The van der Waals surface area contributed by atoms with E-state index in [0.29, 0.717) is 0 Å². The zero-order valence-electron chi connectivity index (χ0n) is 8.07. The average Bonchev–Trinajstić information content (AvgIpc) is 2.31. The van der Waals surface area contributed by atoms with E-state index in [1.54, 1.807) is 0 Å². The predicted molar refractivity (Wildman–Crippen MR) is 72.8 cm³/mol. The van der Waals surface area contributed by atoms with Gasteiger partial charge in [-0.05, 0) is 21.1 Å². The molecule has 0 aliphatic carbocycles. The molecule has 0 saturated heterocycles. The second kappa shape index (κ2) is 4.99. The van der Waals surface area contributed by atoms with Gasteiger partial charge in [-0.25, -0.2) is 0 Å². The second-order valence-electron chi connectivity index (χ2n) is 3.13. The van der Waals surface area contributed by atoms with Gasteiger partial charge in [-0.3, -0.25) is 0 Å². The van der Waals surface area contributed by atoms with Crippen molar-refractivity contribution in [1.29, 1.82) is 0 Å². The first kappa shape index (κ1) is 10.3. The molecular weight excluding hydrogens is 295 g/mol. The lowest BCUT2D eigenvalue weighted by molar-refractivity contribution is 1.58. The maximum Gasteiger partial charge on any atom is 0.0331 e. The molecule has 0 N–H and O–H groups in total. The highest BCUT2D eigenvalue weighted by atomic mass is 127. The smallest absolute Gasteiger partial charge is 0.0331 e. The van der Waals surface area contributed by atoms with Gasteiger partial charge in [0.2, 0.25) is 0 Å². The molecule has 0 atom stereocenters. The number of benzene rings is 2. The molecule has 2 aromatic rings. The number of rotatable bonds is 1. The van der Waals surface area contributed by atoms with Crippen LogP contribution in [0.2, 0.25) is 0 Å². The van der Waals surface area contributed by atoms with E-state index in [1.165, 1.54) is 11.1 Å². The molecule has 0 heterocycles. The van der Waals surface area contributed by atoms with Crippen LogP contribution in [0.5, 0.6) is 0 Å². The van der Waals surface area contributed by atoms with Gasteiger partial charge in [-0.2, -0.15) is 0 Å². The Balaban J connectivity index is 2.56. The van der Waals surface area contributed by atoms with Crippen LogP contribution in [0.3, 0.4) is 0 Å². The fraction of sp³-hybridized carbons (Fsp3) is 0. The van der Waals surface area contributed by atoms with Gasteiger partial charge in [0.1, 0.15) is 0 Å². The molecule has 0 aliphatic heterocycles. The van der Waals surface area contributed by atoms with Crippen LogP contribution in [0, 0.1) is 9.85 Å². The first-order valence-electron chi connectivity index (χ1n) is 4.68. The Morgan fingerprint density at radius 2 is 1.47 bits per heavy atom. The number of hydrogen-bond acceptors (Lipinski definition) is 0. The largest absolute Gasteiger partial charge is 0.0622 e. The van der Waals surface area contributed by atoms with E-state index in [4.69, 9.17) is 0 Å². The van der Waals surface area contributed by atoms with E-state index in [0.717, 1.165) is 5.56 Å². The fourth-order valence-corrected chi connectivity index (χ4v) is 1.80. The van der Waals surface area contributed by atoms with Crippen LogP contribution in [0.1, 0.15) is 5.56 Å². The molecule has 0 spiro atoms. The molecule has 0 bridgehead atoms. The predicted octanol–water partition coefficient (Wildman–Crippen LogP) is 4.10. The Morgan fingerprint density at radius 3 is 2.20 bits per heavy atom. The molecule has 0 aliphatic rings. The Hall–Kier alpha value is -1.27. The van der Waals surface area contributed by atoms with Gasteiger partial charge in [-0.1, -0.05) is 54.5 Å². The SMILES string of the molecule is IC#Cc1ccccc1-c1ccccc1. The summed E-state index contributed by atoms with van der Waals surface area (Å²) in [6, 6.07) is 18.5. The minimum Gasteiger partial charge on any atom is -0.0622 e. The highest BCUT2D eigenvalue weighted by Gasteiger charge is 2.00. The quantitative estimate of drug-likeness (QED) is 0.550. The van der Waals surface area contributed by atoms with Gasteiger partial charge in [0.25, 0.3) is 0 Å². The molecule has 15 heavy (non-hydrogen) atoms. The molecule has 0 nitrogen and oxygen atoms in total. The van der Waals surface area contributed by atoms with Crippen LogP contribution in [0.25, 0.3) is 11.1 Å². The van der Waals surface area contributed by atoms with Gasteiger partial charge >= 0.3 is 0 Å². The zero-order chi connectivity index (χ0) is 10.5. The Morgan fingerprint density at radius 1 is 0.800 bits per heavy atom. The highest BCUT2D eigenvalue weighted by Crippen LogP contribution is 2.22. The van der Waals surface area contributed by atoms with Gasteiger partial charge in [0.15, 0.2) is 0 Å². The standard InChI is InChI=1S/C14H9I/c15-11-10-13-8-4-5-9-14(13)12-6-2-1-3-7-12/h1-9H. The summed E-state index contributed by atoms with van der Waals surface area (Å²) in [5, 5.41) is 0. The third-order valence-corrected chi connectivity index (χ3v) is 2.46. The van der Waals surface area contributed by atoms with E-state index < -0.39 is 0 Å². The van der Waals surface area contributed by atoms with Crippen LogP contribution in [-0.2, 0) is 0 Å². The van der Waals surface area contributed by atoms with Crippen molar-refractivity contribution >= 4 is 22.6 Å². The lowest BCUT2D eigenvalue weighted by atomic mass is 10.0. The fourth-order valence-electron chi connectivity index (χ4n) is 1.51. The van der Waals surface area contributed by atoms with Crippen LogP contribution < -0.4 is 0 Å². The minimum atomic E-state index is 1.08. The van der Waals surface area contributed by atoms with Crippen LogP contribution >= 0.6 is 22.6 Å². The topological polar surface area (TPSA) is 0 Å². The first-order valence-corrected chi connectivity index (χ1v) is 5.76. The summed E-state index contributed by atoms with van der Waals surface area (Å²) in [5.41, 5.74) is 3.49.